The van der Waals surface area contributed by atoms with Crippen LogP contribution in [0.4, 0.5) is 0 Å². The lowest BCUT2D eigenvalue weighted by molar-refractivity contribution is -0.170. The first-order chi connectivity index (χ1) is 11.7. The van der Waals surface area contributed by atoms with Crippen molar-refractivity contribution in [3.05, 3.63) is 34.9 Å². The lowest BCUT2D eigenvalue weighted by Crippen LogP contribution is -2.60. The molecule has 0 saturated heterocycles. The maximum absolute atomic E-state index is 13.1. The van der Waals surface area contributed by atoms with Gasteiger partial charge in [-0.05, 0) is 73.0 Å². The van der Waals surface area contributed by atoms with Crippen molar-refractivity contribution in [3.8, 4) is 0 Å². The van der Waals surface area contributed by atoms with E-state index in [-0.39, 0.29) is 17.9 Å². The van der Waals surface area contributed by atoms with Crippen LogP contribution in [0, 0.1) is 22.2 Å². The lowest BCUT2D eigenvalue weighted by atomic mass is 9.40. The summed E-state index contributed by atoms with van der Waals surface area (Å²) in [5, 5.41) is 14.1. The van der Waals surface area contributed by atoms with E-state index < -0.39 is 6.10 Å². The van der Waals surface area contributed by atoms with Gasteiger partial charge in [0.25, 0.3) is 0 Å². The summed E-state index contributed by atoms with van der Waals surface area (Å²) < 4.78 is 0. The molecule has 0 aromatic heterocycles. The summed E-state index contributed by atoms with van der Waals surface area (Å²) in [6.07, 6.45) is 6.18. The lowest BCUT2D eigenvalue weighted by Gasteiger charge is -2.64. The number of halogens is 1. The van der Waals surface area contributed by atoms with Gasteiger partial charge in [-0.3, -0.25) is 4.79 Å². The fraction of sp³-hybridized carbons (Fsp3) is 0.667. The van der Waals surface area contributed by atoms with Gasteiger partial charge in [-0.2, -0.15) is 0 Å². The van der Waals surface area contributed by atoms with E-state index in [1.165, 1.54) is 19.3 Å². The highest BCUT2D eigenvalue weighted by Crippen LogP contribution is 2.69. The van der Waals surface area contributed by atoms with Gasteiger partial charge in [0.2, 0.25) is 5.91 Å². The molecule has 0 radical (unpaired) electrons. The van der Waals surface area contributed by atoms with E-state index in [0.717, 1.165) is 24.8 Å². The first-order valence-electron chi connectivity index (χ1n) is 9.43. The predicted octanol–water partition coefficient (Wildman–Crippen LogP) is 4.49. The summed E-state index contributed by atoms with van der Waals surface area (Å²) in [6, 6.07) is 7.16. The van der Waals surface area contributed by atoms with E-state index in [1.807, 2.05) is 12.1 Å². The van der Waals surface area contributed by atoms with E-state index in [0.29, 0.717) is 21.8 Å². The van der Waals surface area contributed by atoms with Crippen LogP contribution in [-0.4, -0.2) is 17.6 Å². The van der Waals surface area contributed by atoms with E-state index >= 15 is 0 Å². The van der Waals surface area contributed by atoms with Crippen LogP contribution in [0.2, 0.25) is 5.02 Å². The molecule has 3 unspecified atom stereocenters. The maximum Gasteiger partial charge on any atom is 0.226 e. The Morgan fingerprint density at radius 1 is 1.16 bits per heavy atom. The normalized spacial score (nSPS) is 40.1. The van der Waals surface area contributed by atoms with Gasteiger partial charge in [0.15, 0.2) is 0 Å². The van der Waals surface area contributed by atoms with E-state index in [9.17, 15) is 9.90 Å². The summed E-state index contributed by atoms with van der Waals surface area (Å²) in [7, 11) is 0. The van der Waals surface area contributed by atoms with Crippen molar-refractivity contribution in [2.75, 3.05) is 6.54 Å². The average molecular weight is 362 g/mol. The highest BCUT2D eigenvalue weighted by molar-refractivity contribution is 6.30. The summed E-state index contributed by atoms with van der Waals surface area (Å²) in [5.41, 5.74) is 1.21. The number of aliphatic hydroxyl groups is 1. The van der Waals surface area contributed by atoms with Crippen molar-refractivity contribution in [2.24, 2.45) is 22.2 Å². The zero-order valence-corrected chi connectivity index (χ0v) is 15.9. The van der Waals surface area contributed by atoms with Crippen LogP contribution in [0.3, 0.4) is 0 Å². The molecule has 0 spiro atoms. The fourth-order valence-electron chi connectivity index (χ4n) is 6.88. The number of amides is 1. The number of rotatable bonds is 4. The first-order valence-corrected chi connectivity index (χ1v) is 9.81. The molecule has 4 bridgehead atoms. The molecular weight excluding hydrogens is 334 g/mol. The molecule has 4 heteroatoms. The topological polar surface area (TPSA) is 49.3 Å². The standard InChI is InChI=1S/C21H28ClNO2/c1-19-7-14-8-20(2,11-19)13-21(9-14,12-19)18(25)23-10-17(24)15-3-5-16(22)6-4-15/h3-6,14,17,24H,7-13H2,1-2H3,(H,23,25). The smallest absolute Gasteiger partial charge is 0.226 e. The van der Waals surface area contributed by atoms with Crippen LogP contribution < -0.4 is 5.32 Å². The van der Waals surface area contributed by atoms with Crippen LogP contribution in [0.1, 0.15) is 64.0 Å². The molecule has 136 valence electrons. The molecule has 3 nitrogen and oxygen atoms in total. The number of aliphatic hydroxyl groups excluding tert-OH is 1. The molecule has 1 aromatic rings. The molecule has 4 saturated carbocycles. The van der Waals surface area contributed by atoms with Gasteiger partial charge >= 0.3 is 0 Å². The van der Waals surface area contributed by atoms with Gasteiger partial charge in [0.05, 0.1) is 11.5 Å². The minimum atomic E-state index is -0.693. The van der Waals surface area contributed by atoms with Gasteiger partial charge in [-0.25, -0.2) is 0 Å². The zero-order valence-electron chi connectivity index (χ0n) is 15.1. The van der Waals surface area contributed by atoms with Crippen molar-refractivity contribution in [1.29, 1.82) is 0 Å². The Labute approximate surface area is 155 Å². The minimum absolute atomic E-state index is 0.155. The monoisotopic (exact) mass is 361 g/mol. The second-order valence-corrected chi connectivity index (χ2v) is 10.1. The minimum Gasteiger partial charge on any atom is -0.387 e. The molecule has 25 heavy (non-hydrogen) atoms. The van der Waals surface area contributed by atoms with Crippen molar-refractivity contribution < 1.29 is 9.90 Å². The second-order valence-electron chi connectivity index (χ2n) is 9.69. The van der Waals surface area contributed by atoms with Gasteiger partial charge in [-0.1, -0.05) is 37.6 Å². The Morgan fingerprint density at radius 3 is 2.32 bits per heavy atom. The number of benzene rings is 1. The third-order valence-corrected chi connectivity index (χ3v) is 7.07. The Balaban J connectivity index is 1.45. The van der Waals surface area contributed by atoms with Crippen molar-refractivity contribution in [1.82, 2.24) is 5.32 Å². The van der Waals surface area contributed by atoms with E-state index in [1.54, 1.807) is 12.1 Å². The van der Waals surface area contributed by atoms with Gasteiger partial charge in [0, 0.05) is 11.6 Å². The molecule has 1 aromatic carbocycles. The third kappa shape index (κ3) is 3.10. The number of hydrogen-bond acceptors (Lipinski definition) is 2. The quantitative estimate of drug-likeness (QED) is 0.830. The van der Waals surface area contributed by atoms with E-state index in [4.69, 9.17) is 11.6 Å². The number of carbonyl (C=O) groups excluding carboxylic acids is 1. The van der Waals surface area contributed by atoms with Crippen LogP contribution in [0.25, 0.3) is 0 Å². The molecule has 2 N–H and O–H groups in total. The Hall–Kier alpha value is -1.06. The van der Waals surface area contributed by atoms with Crippen LogP contribution in [0.5, 0.6) is 0 Å². The number of hydrogen-bond donors (Lipinski definition) is 2. The highest BCUT2D eigenvalue weighted by atomic mass is 35.5. The molecular formula is C21H28ClNO2. The Kier molecular flexibility index (Phi) is 3.97. The highest BCUT2D eigenvalue weighted by Gasteiger charge is 2.62. The van der Waals surface area contributed by atoms with Crippen LogP contribution in [-0.2, 0) is 4.79 Å². The third-order valence-electron chi connectivity index (χ3n) is 6.82. The van der Waals surface area contributed by atoms with Crippen molar-refractivity contribution in [2.45, 2.75) is 58.5 Å². The molecule has 5 rings (SSSR count). The number of carbonyl (C=O) groups is 1. The average Bonchev–Trinajstić information content (AvgIpc) is 2.49. The van der Waals surface area contributed by atoms with Gasteiger partial charge in [-0.15, -0.1) is 0 Å². The maximum atomic E-state index is 13.1. The summed E-state index contributed by atoms with van der Waals surface area (Å²) >= 11 is 5.90. The largest absolute Gasteiger partial charge is 0.387 e. The molecule has 4 fully saturated rings. The van der Waals surface area contributed by atoms with Crippen molar-refractivity contribution in [3.63, 3.8) is 0 Å². The van der Waals surface area contributed by atoms with Crippen molar-refractivity contribution >= 4 is 17.5 Å². The first kappa shape index (κ1) is 17.4. The van der Waals surface area contributed by atoms with Crippen LogP contribution in [0.15, 0.2) is 24.3 Å². The summed E-state index contributed by atoms with van der Waals surface area (Å²) in [5.74, 6) is 0.847. The molecule has 4 aliphatic carbocycles. The Morgan fingerprint density at radius 2 is 1.76 bits per heavy atom. The second kappa shape index (κ2) is 5.72. The molecule has 0 heterocycles. The predicted molar refractivity (Wildman–Crippen MR) is 99.3 cm³/mol. The fourth-order valence-corrected chi connectivity index (χ4v) is 7.01. The van der Waals surface area contributed by atoms with Crippen LogP contribution >= 0.6 is 11.6 Å². The van der Waals surface area contributed by atoms with E-state index in [2.05, 4.69) is 19.2 Å². The molecule has 3 atom stereocenters. The summed E-state index contributed by atoms with van der Waals surface area (Å²) in [4.78, 5) is 13.1. The summed E-state index contributed by atoms with van der Waals surface area (Å²) in [6.45, 7) is 5.01. The number of nitrogens with one attached hydrogen (secondary N) is 1. The zero-order chi connectivity index (χ0) is 17.9. The molecule has 0 aliphatic heterocycles. The Bertz CT molecular complexity index is 668. The molecule has 1 amide bonds. The van der Waals surface area contributed by atoms with Gasteiger partial charge < -0.3 is 10.4 Å². The molecule has 4 aliphatic rings. The SMILES string of the molecule is CC12CC3CC(C)(C1)CC(C(=O)NCC(O)c1ccc(Cl)cc1)(C3)C2. The van der Waals surface area contributed by atoms with Gasteiger partial charge in [0.1, 0.15) is 0 Å².